The van der Waals surface area contributed by atoms with Crippen LogP contribution in [-0.2, 0) is 18.0 Å². The first kappa shape index (κ1) is 13.1. The largest absolute Gasteiger partial charge is 0.372 e. The van der Waals surface area contributed by atoms with Crippen LogP contribution in [0.1, 0.15) is 61.3 Å². The predicted octanol–water partition coefficient (Wildman–Crippen LogP) is 3.95. The highest BCUT2D eigenvalue weighted by Gasteiger charge is 2.19. The molecule has 1 aromatic carbocycles. The van der Waals surface area contributed by atoms with Crippen molar-refractivity contribution in [2.75, 3.05) is 7.05 Å². The molecule has 104 valence electrons. The molecule has 3 rings (SSSR count). The summed E-state index contributed by atoms with van der Waals surface area (Å²) in [7, 11) is 2.09. The van der Waals surface area contributed by atoms with Gasteiger partial charge >= 0.3 is 0 Å². The van der Waals surface area contributed by atoms with Crippen LogP contribution in [0, 0.1) is 5.92 Å². The van der Waals surface area contributed by atoms with Crippen molar-refractivity contribution in [1.29, 1.82) is 0 Å². The maximum absolute atomic E-state index is 5.50. The van der Waals surface area contributed by atoms with Crippen molar-refractivity contribution in [1.82, 2.24) is 5.32 Å². The van der Waals surface area contributed by atoms with Gasteiger partial charge < -0.3 is 10.1 Å². The molecule has 1 fully saturated rings. The SMILES string of the molecule is CNC(CCC1CCCC1)c1ccc2c(c1)COC2. The summed E-state index contributed by atoms with van der Waals surface area (Å²) >= 11 is 0. The minimum atomic E-state index is 0.506. The van der Waals surface area contributed by atoms with Gasteiger partial charge in [-0.15, -0.1) is 0 Å². The molecule has 0 radical (unpaired) electrons. The zero-order valence-corrected chi connectivity index (χ0v) is 12.0. The van der Waals surface area contributed by atoms with Crippen molar-refractivity contribution >= 4 is 0 Å². The lowest BCUT2D eigenvalue weighted by Crippen LogP contribution is -2.17. The van der Waals surface area contributed by atoms with Gasteiger partial charge in [0.1, 0.15) is 0 Å². The summed E-state index contributed by atoms with van der Waals surface area (Å²) in [5, 5.41) is 3.49. The Morgan fingerprint density at radius 3 is 2.79 bits per heavy atom. The highest BCUT2D eigenvalue weighted by Crippen LogP contribution is 2.32. The second-order valence-electron chi connectivity index (χ2n) is 6.09. The molecular weight excluding hydrogens is 234 g/mol. The lowest BCUT2D eigenvalue weighted by atomic mass is 9.93. The summed E-state index contributed by atoms with van der Waals surface area (Å²) < 4.78 is 5.50. The van der Waals surface area contributed by atoms with Crippen molar-refractivity contribution < 1.29 is 4.74 Å². The number of hydrogen-bond donors (Lipinski definition) is 1. The molecule has 1 heterocycles. The lowest BCUT2D eigenvalue weighted by Gasteiger charge is -2.19. The second-order valence-corrected chi connectivity index (χ2v) is 6.09. The Hall–Kier alpha value is -0.860. The van der Waals surface area contributed by atoms with Gasteiger partial charge in [0.05, 0.1) is 13.2 Å². The Bertz CT molecular complexity index is 423. The summed E-state index contributed by atoms with van der Waals surface area (Å²) in [6.07, 6.45) is 8.44. The second kappa shape index (κ2) is 6.06. The van der Waals surface area contributed by atoms with Crippen molar-refractivity contribution in [3.8, 4) is 0 Å². The Balaban J connectivity index is 1.64. The van der Waals surface area contributed by atoms with Crippen molar-refractivity contribution in [2.45, 2.75) is 57.8 Å². The van der Waals surface area contributed by atoms with Crippen LogP contribution in [0.2, 0.25) is 0 Å². The average molecular weight is 259 g/mol. The van der Waals surface area contributed by atoms with E-state index >= 15 is 0 Å². The van der Waals surface area contributed by atoms with Crippen molar-refractivity contribution in [3.05, 3.63) is 34.9 Å². The Kier molecular flexibility index (Phi) is 4.19. The molecule has 2 nitrogen and oxygen atoms in total. The normalized spacial score (nSPS) is 20.7. The molecule has 2 heteroatoms. The van der Waals surface area contributed by atoms with E-state index in [4.69, 9.17) is 4.74 Å². The molecule has 19 heavy (non-hydrogen) atoms. The first-order valence-corrected chi connectivity index (χ1v) is 7.73. The van der Waals surface area contributed by atoms with Gasteiger partial charge in [-0.1, -0.05) is 43.9 Å². The van der Waals surface area contributed by atoms with Gasteiger partial charge in [-0.05, 0) is 42.5 Å². The zero-order chi connectivity index (χ0) is 13.1. The molecule has 2 aliphatic rings. The smallest absolute Gasteiger partial charge is 0.0725 e. The number of rotatable bonds is 5. The summed E-state index contributed by atoms with van der Waals surface area (Å²) in [6, 6.07) is 7.38. The third-order valence-electron chi connectivity index (χ3n) is 4.83. The van der Waals surface area contributed by atoms with Crippen LogP contribution in [0.5, 0.6) is 0 Å². The predicted molar refractivity (Wildman–Crippen MR) is 77.9 cm³/mol. The van der Waals surface area contributed by atoms with Gasteiger partial charge in [0.2, 0.25) is 0 Å². The van der Waals surface area contributed by atoms with Crippen LogP contribution in [0.3, 0.4) is 0 Å². The number of fused-ring (bicyclic) bond motifs is 1. The van der Waals surface area contributed by atoms with Gasteiger partial charge in [0, 0.05) is 6.04 Å². The van der Waals surface area contributed by atoms with Crippen LogP contribution in [0.4, 0.5) is 0 Å². The molecular formula is C17H25NO. The number of ether oxygens (including phenoxy) is 1. The van der Waals surface area contributed by atoms with Crippen LogP contribution < -0.4 is 5.32 Å². The molecule has 1 atom stereocenters. The van der Waals surface area contributed by atoms with E-state index in [9.17, 15) is 0 Å². The van der Waals surface area contributed by atoms with Gasteiger partial charge in [-0.3, -0.25) is 0 Å². The average Bonchev–Trinajstić information content (AvgIpc) is 3.09. The highest BCUT2D eigenvalue weighted by molar-refractivity contribution is 5.34. The number of nitrogens with one attached hydrogen (secondary N) is 1. The molecule has 1 unspecified atom stereocenters. The molecule has 1 aliphatic heterocycles. The van der Waals surface area contributed by atoms with E-state index in [1.807, 2.05) is 0 Å². The van der Waals surface area contributed by atoms with E-state index in [0.717, 1.165) is 19.1 Å². The minimum Gasteiger partial charge on any atom is -0.372 e. The Morgan fingerprint density at radius 1 is 1.21 bits per heavy atom. The molecule has 1 aliphatic carbocycles. The first-order valence-electron chi connectivity index (χ1n) is 7.73. The van der Waals surface area contributed by atoms with Crippen molar-refractivity contribution in [2.24, 2.45) is 5.92 Å². The molecule has 1 N–H and O–H groups in total. The van der Waals surface area contributed by atoms with E-state index in [2.05, 4.69) is 30.6 Å². The molecule has 1 saturated carbocycles. The zero-order valence-electron chi connectivity index (χ0n) is 12.0. The Morgan fingerprint density at radius 2 is 2.00 bits per heavy atom. The maximum Gasteiger partial charge on any atom is 0.0725 e. The van der Waals surface area contributed by atoms with Gasteiger partial charge in [0.15, 0.2) is 0 Å². The van der Waals surface area contributed by atoms with Crippen LogP contribution in [-0.4, -0.2) is 7.05 Å². The fraction of sp³-hybridized carbons (Fsp3) is 0.647. The molecule has 1 aromatic rings. The van der Waals surface area contributed by atoms with Crippen LogP contribution in [0.25, 0.3) is 0 Å². The quantitative estimate of drug-likeness (QED) is 0.864. The third-order valence-corrected chi connectivity index (χ3v) is 4.83. The number of benzene rings is 1. The third kappa shape index (κ3) is 3.01. The standard InChI is InChI=1S/C17H25NO/c1-18-17(9-6-13-4-2-3-5-13)14-7-8-15-11-19-12-16(15)10-14/h7-8,10,13,17-18H,2-6,9,11-12H2,1H3. The van der Waals surface area contributed by atoms with E-state index in [-0.39, 0.29) is 0 Å². The molecule has 0 saturated heterocycles. The topological polar surface area (TPSA) is 21.3 Å². The summed E-state index contributed by atoms with van der Waals surface area (Å²) in [5.74, 6) is 0.980. The molecule has 0 spiro atoms. The summed E-state index contributed by atoms with van der Waals surface area (Å²) in [6.45, 7) is 1.59. The van der Waals surface area contributed by atoms with Gasteiger partial charge in [-0.2, -0.15) is 0 Å². The summed E-state index contributed by atoms with van der Waals surface area (Å²) in [5.41, 5.74) is 4.19. The molecule has 0 bridgehead atoms. The number of hydrogen-bond acceptors (Lipinski definition) is 2. The van der Waals surface area contributed by atoms with E-state index in [1.54, 1.807) is 0 Å². The summed E-state index contributed by atoms with van der Waals surface area (Å²) in [4.78, 5) is 0. The van der Waals surface area contributed by atoms with E-state index in [0.29, 0.717) is 6.04 Å². The fourth-order valence-electron chi connectivity index (χ4n) is 3.59. The van der Waals surface area contributed by atoms with Gasteiger partial charge in [0.25, 0.3) is 0 Å². The first-order chi connectivity index (χ1) is 9.36. The van der Waals surface area contributed by atoms with Gasteiger partial charge in [-0.25, -0.2) is 0 Å². The van der Waals surface area contributed by atoms with E-state index in [1.165, 1.54) is 55.2 Å². The van der Waals surface area contributed by atoms with Crippen LogP contribution >= 0.6 is 0 Å². The lowest BCUT2D eigenvalue weighted by molar-refractivity contribution is 0.134. The molecule has 0 aromatic heterocycles. The van der Waals surface area contributed by atoms with Crippen molar-refractivity contribution in [3.63, 3.8) is 0 Å². The minimum absolute atomic E-state index is 0.506. The fourth-order valence-corrected chi connectivity index (χ4v) is 3.59. The Labute approximate surface area is 116 Å². The monoisotopic (exact) mass is 259 g/mol. The van der Waals surface area contributed by atoms with E-state index < -0.39 is 0 Å². The highest BCUT2D eigenvalue weighted by atomic mass is 16.5. The van der Waals surface area contributed by atoms with Crippen LogP contribution in [0.15, 0.2) is 18.2 Å². The molecule has 0 amide bonds. The maximum atomic E-state index is 5.50.